The van der Waals surface area contributed by atoms with Crippen LogP contribution in [0.1, 0.15) is 16.8 Å². The number of fused-ring (bicyclic) bond motifs is 1. The minimum atomic E-state index is -4.37. The number of carbonyl (C=O) groups excluding carboxylic acids is 1. The Morgan fingerprint density at radius 2 is 1.85 bits per heavy atom. The Hall–Kier alpha value is -3.09. The summed E-state index contributed by atoms with van der Waals surface area (Å²) in [6.45, 7) is 2.00. The van der Waals surface area contributed by atoms with Crippen molar-refractivity contribution < 1.29 is 18.0 Å². The van der Waals surface area contributed by atoms with E-state index in [1.54, 1.807) is 12.3 Å². The van der Waals surface area contributed by atoms with Crippen molar-refractivity contribution in [2.75, 3.05) is 5.32 Å². The van der Waals surface area contributed by atoms with E-state index in [2.05, 4.69) is 15.6 Å². The zero-order chi connectivity index (χ0) is 18.7. The van der Waals surface area contributed by atoms with Crippen molar-refractivity contribution in [3.05, 3.63) is 71.5 Å². The molecule has 0 aliphatic heterocycles. The Bertz CT molecular complexity index is 937. The molecule has 0 saturated carbocycles. The number of rotatable bonds is 3. The van der Waals surface area contributed by atoms with E-state index in [1.165, 1.54) is 12.1 Å². The highest BCUT2D eigenvalue weighted by Crippen LogP contribution is 2.29. The highest BCUT2D eigenvalue weighted by molar-refractivity contribution is 6.01. The molecule has 134 valence electrons. The summed E-state index contributed by atoms with van der Waals surface area (Å²) in [5.74, 6) is 0. The van der Waals surface area contributed by atoms with E-state index in [0.717, 1.165) is 28.6 Å². The molecule has 0 aliphatic carbocycles. The maximum atomic E-state index is 12.5. The smallest absolute Gasteiger partial charge is 0.334 e. The third-order valence-electron chi connectivity index (χ3n) is 3.88. The number of benzene rings is 2. The first-order chi connectivity index (χ1) is 12.3. The number of amides is 2. The number of aromatic nitrogens is 1. The molecular formula is C19H16F3N3O. The summed E-state index contributed by atoms with van der Waals surface area (Å²) in [5.41, 5.74) is 1.34. The number of hydrogen-bond donors (Lipinski definition) is 2. The zero-order valence-electron chi connectivity index (χ0n) is 13.9. The van der Waals surface area contributed by atoms with E-state index in [0.29, 0.717) is 11.3 Å². The number of alkyl halides is 3. The molecule has 7 heteroatoms. The highest BCUT2D eigenvalue weighted by Gasteiger charge is 2.29. The van der Waals surface area contributed by atoms with Gasteiger partial charge >= 0.3 is 12.2 Å². The van der Waals surface area contributed by atoms with Gasteiger partial charge in [-0.3, -0.25) is 4.98 Å². The van der Waals surface area contributed by atoms with Crippen molar-refractivity contribution in [3.8, 4) is 0 Å². The van der Waals surface area contributed by atoms with E-state index < -0.39 is 17.8 Å². The first kappa shape index (κ1) is 17.7. The number of urea groups is 1. The molecule has 0 saturated heterocycles. The summed E-state index contributed by atoms with van der Waals surface area (Å²) in [5, 5.41) is 7.13. The fraction of sp³-hybridized carbons (Fsp3) is 0.158. The monoisotopic (exact) mass is 359 g/mol. The molecule has 0 unspecified atom stereocenters. The van der Waals surface area contributed by atoms with Gasteiger partial charge in [0, 0.05) is 23.8 Å². The topological polar surface area (TPSA) is 54.0 Å². The molecule has 1 heterocycles. The molecule has 0 bridgehead atoms. The van der Waals surface area contributed by atoms with Crippen molar-refractivity contribution in [2.24, 2.45) is 0 Å². The van der Waals surface area contributed by atoms with E-state index in [-0.39, 0.29) is 6.54 Å². The van der Waals surface area contributed by atoms with E-state index in [1.807, 2.05) is 25.1 Å². The van der Waals surface area contributed by atoms with Crippen molar-refractivity contribution in [1.29, 1.82) is 0 Å². The maximum Gasteiger partial charge on any atom is 0.416 e. The number of aryl methyl sites for hydroxylation is 1. The second kappa shape index (κ2) is 7.03. The predicted molar refractivity (Wildman–Crippen MR) is 93.8 cm³/mol. The molecular weight excluding hydrogens is 343 g/mol. The zero-order valence-corrected chi connectivity index (χ0v) is 13.9. The molecule has 0 radical (unpaired) electrons. The van der Waals surface area contributed by atoms with Crippen LogP contribution in [0.15, 0.2) is 54.7 Å². The van der Waals surface area contributed by atoms with Gasteiger partial charge in [-0.2, -0.15) is 13.2 Å². The Morgan fingerprint density at radius 3 is 2.54 bits per heavy atom. The largest absolute Gasteiger partial charge is 0.416 e. The summed E-state index contributed by atoms with van der Waals surface area (Å²) in [6, 6.07) is 11.7. The average molecular weight is 359 g/mol. The Morgan fingerprint density at radius 1 is 1.12 bits per heavy atom. The fourth-order valence-electron chi connectivity index (χ4n) is 2.55. The van der Waals surface area contributed by atoms with Gasteiger partial charge in [-0.25, -0.2) is 4.79 Å². The van der Waals surface area contributed by atoms with Gasteiger partial charge in [0.25, 0.3) is 0 Å². The van der Waals surface area contributed by atoms with Crippen molar-refractivity contribution in [1.82, 2.24) is 10.3 Å². The minimum Gasteiger partial charge on any atom is -0.334 e. The van der Waals surface area contributed by atoms with Crippen LogP contribution in [-0.4, -0.2) is 11.0 Å². The van der Waals surface area contributed by atoms with Crippen LogP contribution in [0, 0.1) is 6.92 Å². The van der Waals surface area contributed by atoms with Crippen LogP contribution in [0.2, 0.25) is 0 Å². The van der Waals surface area contributed by atoms with Crippen LogP contribution in [0.25, 0.3) is 10.8 Å². The molecule has 0 spiro atoms. The third kappa shape index (κ3) is 4.11. The van der Waals surface area contributed by atoms with E-state index in [9.17, 15) is 18.0 Å². The number of hydrogen-bond acceptors (Lipinski definition) is 2. The molecule has 1 aromatic heterocycles. The molecule has 0 aliphatic rings. The standard InChI is InChI=1S/C19H16F3N3O/c1-12-9-14-3-2-4-17(16(14)11-23-12)25-18(26)24-10-13-5-7-15(8-6-13)19(20,21)22/h2-9,11H,10H2,1H3,(H2,24,25,26). The first-order valence-corrected chi connectivity index (χ1v) is 7.89. The number of pyridine rings is 1. The molecule has 0 fully saturated rings. The molecule has 3 rings (SSSR count). The minimum absolute atomic E-state index is 0.117. The normalized spacial score (nSPS) is 11.4. The number of halogens is 3. The average Bonchev–Trinajstić information content (AvgIpc) is 2.59. The second-order valence-electron chi connectivity index (χ2n) is 5.85. The summed E-state index contributed by atoms with van der Waals surface area (Å²) >= 11 is 0. The lowest BCUT2D eigenvalue weighted by Crippen LogP contribution is -2.28. The Kier molecular flexibility index (Phi) is 4.79. The number of anilines is 1. The molecule has 0 atom stereocenters. The van der Waals surface area contributed by atoms with Gasteiger partial charge in [0.1, 0.15) is 0 Å². The van der Waals surface area contributed by atoms with E-state index >= 15 is 0 Å². The first-order valence-electron chi connectivity index (χ1n) is 7.89. The van der Waals surface area contributed by atoms with Crippen LogP contribution in [-0.2, 0) is 12.7 Å². The van der Waals surface area contributed by atoms with Crippen LogP contribution in [0.4, 0.5) is 23.7 Å². The fourth-order valence-corrected chi connectivity index (χ4v) is 2.55. The lowest BCUT2D eigenvalue weighted by Gasteiger charge is -2.11. The lowest BCUT2D eigenvalue weighted by atomic mass is 10.1. The van der Waals surface area contributed by atoms with Gasteiger partial charge in [-0.15, -0.1) is 0 Å². The molecule has 2 amide bonds. The second-order valence-corrected chi connectivity index (χ2v) is 5.85. The van der Waals surface area contributed by atoms with Crippen LogP contribution < -0.4 is 10.6 Å². The SMILES string of the molecule is Cc1cc2cccc(NC(=O)NCc3ccc(C(F)(F)F)cc3)c2cn1. The summed E-state index contributed by atoms with van der Waals surface area (Å²) in [6.07, 6.45) is -2.68. The molecule has 2 aromatic carbocycles. The summed E-state index contributed by atoms with van der Waals surface area (Å²) < 4.78 is 37.6. The van der Waals surface area contributed by atoms with Crippen LogP contribution in [0.3, 0.4) is 0 Å². The molecule has 3 aromatic rings. The van der Waals surface area contributed by atoms with Crippen molar-refractivity contribution in [2.45, 2.75) is 19.6 Å². The highest BCUT2D eigenvalue weighted by atomic mass is 19.4. The Balaban J connectivity index is 1.65. The Labute approximate surface area is 148 Å². The maximum absolute atomic E-state index is 12.5. The number of nitrogens with one attached hydrogen (secondary N) is 2. The van der Waals surface area contributed by atoms with E-state index in [4.69, 9.17) is 0 Å². The van der Waals surface area contributed by atoms with Crippen LogP contribution in [0.5, 0.6) is 0 Å². The van der Waals surface area contributed by atoms with Crippen LogP contribution >= 0.6 is 0 Å². The number of nitrogens with zero attached hydrogens (tertiary/aromatic N) is 1. The van der Waals surface area contributed by atoms with Gasteiger partial charge in [0.2, 0.25) is 0 Å². The quantitative estimate of drug-likeness (QED) is 0.700. The van der Waals surface area contributed by atoms with Gasteiger partial charge in [-0.1, -0.05) is 24.3 Å². The predicted octanol–water partition coefficient (Wildman–Crippen LogP) is 4.88. The molecule has 26 heavy (non-hydrogen) atoms. The molecule has 2 N–H and O–H groups in total. The third-order valence-corrected chi connectivity index (χ3v) is 3.88. The van der Waals surface area contributed by atoms with Gasteiger partial charge < -0.3 is 10.6 Å². The van der Waals surface area contributed by atoms with Crippen molar-refractivity contribution >= 4 is 22.5 Å². The lowest BCUT2D eigenvalue weighted by molar-refractivity contribution is -0.137. The molecule has 4 nitrogen and oxygen atoms in total. The van der Waals surface area contributed by atoms with Gasteiger partial charge in [-0.05, 0) is 42.1 Å². The van der Waals surface area contributed by atoms with Gasteiger partial charge in [0.05, 0.1) is 11.3 Å². The number of carbonyl (C=O) groups is 1. The summed E-state index contributed by atoms with van der Waals surface area (Å²) in [4.78, 5) is 16.3. The van der Waals surface area contributed by atoms with Gasteiger partial charge in [0.15, 0.2) is 0 Å². The van der Waals surface area contributed by atoms with Crippen molar-refractivity contribution in [3.63, 3.8) is 0 Å². The summed E-state index contributed by atoms with van der Waals surface area (Å²) in [7, 11) is 0.